The van der Waals surface area contributed by atoms with Crippen LogP contribution in [0.15, 0.2) is 18.2 Å². The van der Waals surface area contributed by atoms with Crippen molar-refractivity contribution < 1.29 is 23.8 Å². The molecular formula is C14H18O5. The molecule has 0 radical (unpaired) electrons. The van der Waals surface area contributed by atoms with Gasteiger partial charge in [-0.1, -0.05) is 0 Å². The molecule has 0 bridgehead atoms. The average Bonchev–Trinajstić information content (AvgIpc) is 2.43. The summed E-state index contributed by atoms with van der Waals surface area (Å²) >= 11 is 0. The minimum absolute atomic E-state index is 0.123. The highest BCUT2D eigenvalue weighted by Crippen LogP contribution is 2.29. The topological polar surface area (TPSA) is 61.8 Å². The maximum Gasteiger partial charge on any atom is 0.314 e. The Kier molecular flexibility index (Phi) is 4.92. The number of methoxy groups -OCH3 is 2. The van der Waals surface area contributed by atoms with Gasteiger partial charge in [0.05, 0.1) is 19.6 Å². The number of hydrogen-bond donors (Lipinski definition) is 0. The van der Waals surface area contributed by atoms with Crippen LogP contribution in [-0.4, -0.2) is 33.1 Å². The Labute approximate surface area is 112 Å². The standard InChI is InChI=1S/C14H18O5/c1-14(2,13(16)18-4)9-19-12-7-10(8-15)5-6-11(12)17-3/h5-8H,9H2,1-4H3. The van der Waals surface area contributed by atoms with Gasteiger partial charge < -0.3 is 14.2 Å². The molecule has 0 spiro atoms. The van der Waals surface area contributed by atoms with Crippen molar-refractivity contribution in [2.45, 2.75) is 13.8 Å². The lowest BCUT2D eigenvalue weighted by Gasteiger charge is -2.22. The Bertz CT molecular complexity index is 465. The zero-order valence-corrected chi connectivity index (χ0v) is 11.6. The summed E-state index contributed by atoms with van der Waals surface area (Å²) in [6.45, 7) is 3.56. The Morgan fingerprint density at radius 3 is 2.47 bits per heavy atom. The fourth-order valence-electron chi connectivity index (χ4n) is 1.47. The van der Waals surface area contributed by atoms with Crippen LogP contribution in [-0.2, 0) is 9.53 Å². The molecule has 0 saturated heterocycles. The van der Waals surface area contributed by atoms with Gasteiger partial charge in [0.2, 0.25) is 0 Å². The van der Waals surface area contributed by atoms with Crippen molar-refractivity contribution in [3.05, 3.63) is 23.8 Å². The number of ether oxygens (including phenoxy) is 3. The van der Waals surface area contributed by atoms with E-state index in [1.807, 2.05) is 0 Å². The maximum atomic E-state index is 11.5. The van der Waals surface area contributed by atoms with Crippen LogP contribution in [0, 0.1) is 5.41 Å². The lowest BCUT2D eigenvalue weighted by molar-refractivity contribution is -0.152. The van der Waals surface area contributed by atoms with Crippen molar-refractivity contribution in [1.29, 1.82) is 0 Å². The lowest BCUT2D eigenvalue weighted by Crippen LogP contribution is -2.32. The van der Waals surface area contributed by atoms with Gasteiger partial charge in [-0.15, -0.1) is 0 Å². The smallest absolute Gasteiger partial charge is 0.314 e. The summed E-state index contributed by atoms with van der Waals surface area (Å²) in [4.78, 5) is 22.3. The zero-order chi connectivity index (χ0) is 14.5. The molecule has 0 aromatic heterocycles. The molecular weight excluding hydrogens is 248 g/mol. The van der Waals surface area contributed by atoms with E-state index < -0.39 is 5.41 Å². The SMILES string of the molecule is COC(=O)C(C)(C)COc1cc(C=O)ccc1OC. The Morgan fingerprint density at radius 2 is 1.95 bits per heavy atom. The summed E-state index contributed by atoms with van der Waals surface area (Å²) < 4.78 is 15.4. The van der Waals surface area contributed by atoms with Gasteiger partial charge in [0, 0.05) is 5.56 Å². The van der Waals surface area contributed by atoms with Crippen molar-refractivity contribution in [1.82, 2.24) is 0 Å². The fraction of sp³-hybridized carbons (Fsp3) is 0.429. The molecule has 0 atom stereocenters. The summed E-state index contributed by atoms with van der Waals surface area (Å²) in [5, 5.41) is 0. The summed E-state index contributed by atoms with van der Waals surface area (Å²) in [7, 11) is 2.84. The highest BCUT2D eigenvalue weighted by molar-refractivity contribution is 5.77. The quantitative estimate of drug-likeness (QED) is 0.582. The van der Waals surface area contributed by atoms with Crippen LogP contribution < -0.4 is 9.47 Å². The van der Waals surface area contributed by atoms with Crippen molar-refractivity contribution in [2.24, 2.45) is 5.41 Å². The summed E-state index contributed by atoms with van der Waals surface area (Å²) in [6, 6.07) is 4.84. The van der Waals surface area contributed by atoms with Gasteiger partial charge in [-0.25, -0.2) is 0 Å². The second-order valence-electron chi connectivity index (χ2n) is 4.69. The monoisotopic (exact) mass is 266 g/mol. The molecule has 5 nitrogen and oxygen atoms in total. The molecule has 0 aliphatic carbocycles. The van der Waals surface area contributed by atoms with Crippen molar-refractivity contribution in [2.75, 3.05) is 20.8 Å². The van der Waals surface area contributed by atoms with Gasteiger partial charge in [-0.2, -0.15) is 0 Å². The number of benzene rings is 1. The van der Waals surface area contributed by atoms with Crippen LogP contribution in [0.4, 0.5) is 0 Å². The van der Waals surface area contributed by atoms with E-state index in [1.165, 1.54) is 14.2 Å². The number of carbonyl (C=O) groups excluding carboxylic acids is 2. The van der Waals surface area contributed by atoms with E-state index in [9.17, 15) is 9.59 Å². The van der Waals surface area contributed by atoms with Gasteiger partial charge in [0.1, 0.15) is 12.9 Å². The summed E-state index contributed by atoms with van der Waals surface area (Å²) in [6.07, 6.45) is 0.720. The molecule has 0 amide bonds. The third-order valence-electron chi connectivity index (χ3n) is 2.65. The molecule has 0 fully saturated rings. The Morgan fingerprint density at radius 1 is 1.26 bits per heavy atom. The molecule has 5 heteroatoms. The van der Waals surface area contributed by atoms with Gasteiger partial charge in [-0.05, 0) is 32.0 Å². The van der Waals surface area contributed by atoms with Gasteiger partial charge in [-0.3, -0.25) is 9.59 Å². The minimum Gasteiger partial charge on any atom is -0.493 e. The van der Waals surface area contributed by atoms with Crippen LogP contribution in [0.1, 0.15) is 24.2 Å². The third-order valence-corrected chi connectivity index (χ3v) is 2.65. The first-order valence-electron chi connectivity index (χ1n) is 5.79. The minimum atomic E-state index is -0.781. The van der Waals surface area contributed by atoms with Crippen LogP contribution in [0.5, 0.6) is 11.5 Å². The van der Waals surface area contributed by atoms with E-state index in [1.54, 1.807) is 32.0 Å². The highest BCUT2D eigenvalue weighted by Gasteiger charge is 2.30. The predicted molar refractivity (Wildman–Crippen MR) is 69.7 cm³/mol. The van der Waals surface area contributed by atoms with Gasteiger partial charge in [0.25, 0.3) is 0 Å². The maximum absolute atomic E-state index is 11.5. The molecule has 0 aliphatic rings. The molecule has 0 heterocycles. The molecule has 0 saturated carbocycles. The van der Waals surface area contributed by atoms with Crippen LogP contribution in [0.25, 0.3) is 0 Å². The average molecular weight is 266 g/mol. The second kappa shape index (κ2) is 6.22. The van der Waals surface area contributed by atoms with Crippen molar-refractivity contribution >= 4 is 12.3 Å². The first-order chi connectivity index (χ1) is 8.94. The molecule has 1 aromatic rings. The summed E-state index contributed by atoms with van der Waals surface area (Å²) in [5.74, 6) is 0.563. The molecule has 1 aromatic carbocycles. The van der Waals surface area contributed by atoms with Crippen LogP contribution >= 0.6 is 0 Å². The first kappa shape index (κ1) is 15.0. The van der Waals surface area contributed by atoms with E-state index >= 15 is 0 Å². The molecule has 0 aliphatic heterocycles. The molecule has 19 heavy (non-hydrogen) atoms. The number of carbonyl (C=O) groups is 2. The number of aldehydes is 1. The molecule has 0 N–H and O–H groups in total. The largest absolute Gasteiger partial charge is 0.493 e. The summed E-state index contributed by atoms with van der Waals surface area (Å²) in [5.41, 5.74) is -0.302. The van der Waals surface area contributed by atoms with Gasteiger partial charge in [0.15, 0.2) is 11.5 Å². The zero-order valence-electron chi connectivity index (χ0n) is 11.6. The predicted octanol–water partition coefficient (Wildman–Crippen LogP) is 2.09. The third kappa shape index (κ3) is 3.71. The van der Waals surface area contributed by atoms with E-state index in [-0.39, 0.29) is 12.6 Å². The van der Waals surface area contributed by atoms with Crippen LogP contribution in [0.2, 0.25) is 0 Å². The number of esters is 1. The van der Waals surface area contributed by atoms with E-state index in [0.29, 0.717) is 17.1 Å². The fourth-order valence-corrected chi connectivity index (χ4v) is 1.47. The van der Waals surface area contributed by atoms with Crippen LogP contribution in [0.3, 0.4) is 0 Å². The number of rotatable bonds is 6. The molecule has 104 valence electrons. The first-order valence-corrected chi connectivity index (χ1v) is 5.79. The lowest BCUT2D eigenvalue weighted by atomic mass is 9.95. The van der Waals surface area contributed by atoms with Gasteiger partial charge >= 0.3 is 5.97 Å². The van der Waals surface area contributed by atoms with E-state index in [2.05, 4.69) is 0 Å². The normalized spacial score (nSPS) is 10.7. The molecule has 0 unspecified atom stereocenters. The number of hydrogen-bond acceptors (Lipinski definition) is 5. The molecule has 1 rings (SSSR count). The Hall–Kier alpha value is -2.04. The van der Waals surface area contributed by atoms with Crippen molar-refractivity contribution in [3.63, 3.8) is 0 Å². The van der Waals surface area contributed by atoms with E-state index in [4.69, 9.17) is 14.2 Å². The highest BCUT2D eigenvalue weighted by atomic mass is 16.5. The van der Waals surface area contributed by atoms with E-state index in [0.717, 1.165) is 6.29 Å². The van der Waals surface area contributed by atoms with Crippen molar-refractivity contribution in [3.8, 4) is 11.5 Å². The Balaban J connectivity index is 2.87. The second-order valence-corrected chi connectivity index (χ2v) is 4.69.